The monoisotopic (exact) mass is 385 g/mol. The largest absolute Gasteiger partial charge is 0.501 e. The molecule has 3 rings (SSSR count). The van der Waals surface area contributed by atoms with Crippen LogP contribution in [0, 0.1) is 0 Å². The first kappa shape index (κ1) is 18.3. The van der Waals surface area contributed by atoms with E-state index in [0.717, 1.165) is 5.56 Å². The number of methoxy groups -OCH3 is 1. The molecule has 27 heavy (non-hydrogen) atoms. The average Bonchev–Trinajstić information content (AvgIpc) is 3.22. The number of carbonyl (C=O) groups is 2. The second-order valence-corrected chi connectivity index (χ2v) is 6.36. The zero-order valence-corrected chi connectivity index (χ0v) is 15.0. The van der Waals surface area contributed by atoms with Crippen LogP contribution in [-0.2, 0) is 11.3 Å². The third-order valence-corrected chi connectivity index (χ3v) is 4.52. The number of rotatable bonds is 5. The highest BCUT2D eigenvalue weighted by molar-refractivity contribution is 7.13. The normalized spacial score (nSPS) is 10.4. The minimum absolute atomic E-state index is 0.138. The summed E-state index contributed by atoms with van der Waals surface area (Å²) in [7, 11) is 1.30. The lowest BCUT2D eigenvalue weighted by Crippen LogP contribution is -2.24. The molecule has 0 spiro atoms. The molecule has 1 aromatic carbocycles. The lowest BCUT2D eigenvalue weighted by molar-refractivity contribution is 0.0600. The van der Waals surface area contributed by atoms with Crippen LogP contribution in [0.1, 0.15) is 26.4 Å². The van der Waals surface area contributed by atoms with E-state index in [9.17, 15) is 19.8 Å². The third kappa shape index (κ3) is 4.04. The van der Waals surface area contributed by atoms with Crippen LogP contribution < -0.4 is 5.32 Å². The predicted molar refractivity (Wildman–Crippen MR) is 97.6 cm³/mol. The highest BCUT2D eigenvalue weighted by atomic mass is 32.1. The van der Waals surface area contributed by atoms with Gasteiger partial charge in [0.2, 0.25) is 5.75 Å². The van der Waals surface area contributed by atoms with Crippen LogP contribution in [0.5, 0.6) is 11.6 Å². The number of nitrogens with zero attached hydrogens (tertiary/aromatic N) is 2. The molecule has 0 aliphatic heterocycles. The standard InChI is InChI=1S/C18H15N3O5S/c1-26-18(25)11-6-4-10(5-7-11)9-19-16(23)13-14(22)17(24)21-15(20-13)12-3-2-8-27-12/h2-8,22H,9H2,1H3,(H,19,23)(H,20,21,24). The van der Waals surface area contributed by atoms with Crippen LogP contribution in [0.3, 0.4) is 0 Å². The first-order chi connectivity index (χ1) is 13.0. The van der Waals surface area contributed by atoms with E-state index in [2.05, 4.69) is 20.0 Å². The van der Waals surface area contributed by atoms with E-state index in [4.69, 9.17) is 0 Å². The molecule has 0 aliphatic carbocycles. The fourth-order valence-electron chi connectivity index (χ4n) is 2.26. The third-order valence-electron chi connectivity index (χ3n) is 3.65. The number of nitrogens with one attached hydrogen (secondary N) is 1. The molecule has 0 unspecified atom stereocenters. The van der Waals surface area contributed by atoms with Crippen molar-refractivity contribution >= 4 is 23.2 Å². The Morgan fingerprint density at radius 1 is 1.15 bits per heavy atom. The summed E-state index contributed by atoms with van der Waals surface area (Å²) in [5, 5.41) is 24.1. The van der Waals surface area contributed by atoms with Gasteiger partial charge >= 0.3 is 5.97 Å². The van der Waals surface area contributed by atoms with Crippen LogP contribution in [0.4, 0.5) is 0 Å². The van der Waals surface area contributed by atoms with E-state index in [1.54, 1.807) is 41.8 Å². The number of thiophene rings is 1. The van der Waals surface area contributed by atoms with Gasteiger partial charge in [0.15, 0.2) is 11.5 Å². The molecule has 2 heterocycles. The zero-order chi connectivity index (χ0) is 19.4. The van der Waals surface area contributed by atoms with Gasteiger partial charge < -0.3 is 20.3 Å². The van der Waals surface area contributed by atoms with Crippen molar-refractivity contribution in [3.05, 3.63) is 58.6 Å². The quantitative estimate of drug-likeness (QED) is 0.576. The van der Waals surface area contributed by atoms with Crippen LogP contribution in [0.15, 0.2) is 41.8 Å². The molecule has 0 radical (unpaired) electrons. The van der Waals surface area contributed by atoms with Gasteiger partial charge in [-0.05, 0) is 29.1 Å². The summed E-state index contributed by atoms with van der Waals surface area (Å²) in [6.45, 7) is 0.138. The summed E-state index contributed by atoms with van der Waals surface area (Å²) in [5.74, 6) is -2.32. The minimum atomic E-state index is -0.686. The van der Waals surface area contributed by atoms with Crippen LogP contribution >= 0.6 is 11.3 Å². The van der Waals surface area contributed by atoms with Crippen molar-refractivity contribution in [2.45, 2.75) is 6.54 Å². The molecular weight excluding hydrogens is 370 g/mol. The Hall–Kier alpha value is -3.46. The van der Waals surface area contributed by atoms with Crippen LogP contribution in [0.25, 0.3) is 10.7 Å². The van der Waals surface area contributed by atoms with Crippen molar-refractivity contribution in [1.29, 1.82) is 0 Å². The molecule has 0 aliphatic rings. The van der Waals surface area contributed by atoms with Crippen molar-refractivity contribution in [3.63, 3.8) is 0 Å². The van der Waals surface area contributed by atoms with Gasteiger partial charge in [-0.25, -0.2) is 9.78 Å². The predicted octanol–water partition coefficient (Wildman–Crippen LogP) is 2.33. The van der Waals surface area contributed by atoms with Gasteiger partial charge in [0.1, 0.15) is 0 Å². The molecule has 3 N–H and O–H groups in total. The highest BCUT2D eigenvalue weighted by Gasteiger charge is 2.20. The van der Waals surface area contributed by atoms with E-state index < -0.39 is 23.5 Å². The Morgan fingerprint density at radius 3 is 2.52 bits per heavy atom. The van der Waals surface area contributed by atoms with Gasteiger partial charge in [-0.15, -0.1) is 11.3 Å². The summed E-state index contributed by atoms with van der Waals surface area (Å²) in [4.78, 5) is 32.3. The fraction of sp³-hybridized carbons (Fsp3) is 0.111. The van der Waals surface area contributed by atoms with Gasteiger partial charge in [0.25, 0.3) is 11.8 Å². The van der Waals surface area contributed by atoms with Gasteiger partial charge in [-0.3, -0.25) is 4.79 Å². The molecule has 0 saturated heterocycles. The number of benzene rings is 1. The number of carbonyl (C=O) groups excluding carboxylic acids is 2. The molecule has 1 amide bonds. The number of aromatic hydroxyl groups is 2. The number of esters is 1. The Balaban J connectivity index is 1.75. The van der Waals surface area contributed by atoms with Crippen LogP contribution in [-0.4, -0.2) is 39.2 Å². The Labute approximate surface area is 158 Å². The van der Waals surface area contributed by atoms with Gasteiger partial charge in [0.05, 0.1) is 17.6 Å². The smallest absolute Gasteiger partial charge is 0.337 e. The number of amides is 1. The summed E-state index contributed by atoms with van der Waals surface area (Å²) in [5.41, 5.74) is 0.802. The van der Waals surface area contributed by atoms with Crippen molar-refractivity contribution < 1.29 is 24.5 Å². The number of hydrogen-bond acceptors (Lipinski definition) is 8. The Morgan fingerprint density at radius 2 is 1.89 bits per heavy atom. The molecule has 0 bridgehead atoms. The maximum atomic E-state index is 12.4. The molecule has 0 atom stereocenters. The molecule has 138 valence electrons. The maximum absolute atomic E-state index is 12.4. The Bertz CT molecular complexity index is 971. The van der Waals surface area contributed by atoms with Crippen LogP contribution in [0.2, 0.25) is 0 Å². The van der Waals surface area contributed by atoms with E-state index in [-0.39, 0.29) is 18.1 Å². The summed E-state index contributed by atoms with van der Waals surface area (Å²) < 4.78 is 4.62. The van der Waals surface area contributed by atoms with E-state index in [1.807, 2.05) is 0 Å². The van der Waals surface area contributed by atoms with Crippen molar-refractivity contribution in [2.75, 3.05) is 7.11 Å². The van der Waals surface area contributed by atoms with Crippen molar-refractivity contribution in [1.82, 2.24) is 15.3 Å². The van der Waals surface area contributed by atoms with Crippen molar-refractivity contribution in [2.24, 2.45) is 0 Å². The molecule has 3 aromatic rings. The summed E-state index contributed by atoms with van der Waals surface area (Å²) in [6.07, 6.45) is 0. The molecule has 0 saturated carbocycles. The highest BCUT2D eigenvalue weighted by Crippen LogP contribution is 2.30. The lowest BCUT2D eigenvalue weighted by Gasteiger charge is -2.09. The maximum Gasteiger partial charge on any atom is 0.337 e. The second kappa shape index (κ2) is 7.83. The molecule has 9 heteroatoms. The van der Waals surface area contributed by atoms with Crippen molar-refractivity contribution in [3.8, 4) is 22.3 Å². The lowest BCUT2D eigenvalue weighted by atomic mass is 10.1. The number of ether oxygens (including phenoxy) is 1. The first-order valence-corrected chi connectivity index (χ1v) is 8.67. The van der Waals surface area contributed by atoms with Gasteiger partial charge in [-0.2, -0.15) is 4.98 Å². The van der Waals surface area contributed by atoms with E-state index in [0.29, 0.717) is 10.4 Å². The van der Waals surface area contributed by atoms with E-state index >= 15 is 0 Å². The average molecular weight is 385 g/mol. The summed E-state index contributed by atoms with van der Waals surface area (Å²) in [6, 6.07) is 10.0. The summed E-state index contributed by atoms with van der Waals surface area (Å²) >= 11 is 1.34. The minimum Gasteiger partial charge on any atom is -0.501 e. The second-order valence-electron chi connectivity index (χ2n) is 5.42. The molecule has 2 aromatic heterocycles. The fourth-order valence-corrected chi connectivity index (χ4v) is 2.92. The van der Waals surface area contributed by atoms with Gasteiger partial charge in [0, 0.05) is 6.54 Å². The SMILES string of the molecule is COC(=O)c1ccc(CNC(=O)c2nc(-c3cccs3)nc(O)c2O)cc1. The van der Waals surface area contributed by atoms with Gasteiger partial charge in [-0.1, -0.05) is 18.2 Å². The molecule has 8 nitrogen and oxygen atoms in total. The first-order valence-electron chi connectivity index (χ1n) is 7.79. The Kier molecular flexibility index (Phi) is 5.32. The number of hydrogen-bond donors (Lipinski definition) is 3. The van der Waals surface area contributed by atoms with E-state index in [1.165, 1.54) is 18.4 Å². The number of aromatic nitrogens is 2. The molecule has 0 fully saturated rings. The zero-order valence-electron chi connectivity index (χ0n) is 14.2. The topological polar surface area (TPSA) is 122 Å². The molecular formula is C18H15N3O5S.